The molecule has 2 aromatic carbocycles. The van der Waals surface area contributed by atoms with E-state index in [1.807, 2.05) is 31.3 Å². The van der Waals surface area contributed by atoms with Gasteiger partial charge in [-0.3, -0.25) is 4.79 Å². The lowest BCUT2D eigenvalue weighted by atomic mass is 10.1. The highest BCUT2D eigenvalue weighted by molar-refractivity contribution is 6.36. The summed E-state index contributed by atoms with van der Waals surface area (Å²) in [6, 6.07) is 12.4. The summed E-state index contributed by atoms with van der Waals surface area (Å²) in [6.07, 6.45) is 0. The van der Waals surface area contributed by atoms with Gasteiger partial charge in [0.25, 0.3) is 5.91 Å². The van der Waals surface area contributed by atoms with E-state index in [0.717, 1.165) is 11.3 Å². The standard InChI is InChI=1S/C15H14Cl2N2O/c1-18-9-10-4-2-3-5-14(10)19-15(20)12-8-11(16)6-7-13(12)17/h2-8,18H,9H2,1H3,(H,19,20). The van der Waals surface area contributed by atoms with Crippen molar-refractivity contribution in [2.24, 2.45) is 0 Å². The first kappa shape index (κ1) is 14.9. The van der Waals surface area contributed by atoms with Crippen molar-refractivity contribution in [3.05, 3.63) is 63.6 Å². The van der Waals surface area contributed by atoms with Crippen LogP contribution in [0.5, 0.6) is 0 Å². The second-order valence-corrected chi connectivity index (χ2v) is 5.11. The molecule has 0 unspecified atom stereocenters. The van der Waals surface area contributed by atoms with E-state index in [4.69, 9.17) is 23.2 Å². The maximum atomic E-state index is 12.3. The van der Waals surface area contributed by atoms with Crippen LogP contribution >= 0.6 is 23.2 Å². The summed E-state index contributed by atoms with van der Waals surface area (Å²) >= 11 is 11.9. The molecular formula is C15H14Cl2N2O. The molecule has 0 spiro atoms. The van der Waals surface area contributed by atoms with Crippen molar-refractivity contribution in [1.82, 2.24) is 5.32 Å². The topological polar surface area (TPSA) is 41.1 Å². The Bertz CT molecular complexity index is 629. The van der Waals surface area contributed by atoms with Crippen LogP contribution in [0.15, 0.2) is 42.5 Å². The van der Waals surface area contributed by atoms with Crippen LogP contribution in [0.2, 0.25) is 10.0 Å². The fourth-order valence-corrected chi connectivity index (χ4v) is 2.22. The van der Waals surface area contributed by atoms with Gasteiger partial charge >= 0.3 is 0 Å². The van der Waals surface area contributed by atoms with Gasteiger partial charge in [-0.15, -0.1) is 0 Å². The lowest BCUT2D eigenvalue weighted by molar-refractivity contribution is 0.102. The summed E-state index contributed by atoms with van der Waals surface area (Å²) in [7, 11) is 1.85. The number of nitrogens with one attached hydrogen (secondary N) is 2. The third kappa shape index (κ3) is 3.51. The minimum Gasteiger partial charge on any atom is -0.322 e. The van der Waals surface area contributed by atoms with Crippen LogP contribution in [-0.2, 0) is 6.54 Å². The Balaban J connectivity index is 2.26. The Labute approximate surface area is 127 Å². The smallest absolute Gasteiger partial charge is 0.257 e. The van der Waals surface area contributed by atoms with Crippen LogP contribution in [0.4, 0.5) is 5.69 Å². The highest BCUT2D eigenvalue weighted by atomic mass is 35.5. The van der Waals surface area contributed by atoms with Crippen LogP contribution in [-0.4, -0.2) is 13.0 Å². The van der Waals surface area contributed by atoms with Gasteiger partial charge in [0.1, 0.15) is 0 Å². The van der Waals surface area contributed by atoms with Crippen LogP contribution in [0, 0.1) is 0 Å². The number of anilines is 1. The van der Waals surface area contributed by atoms with Crippen molar-refractivity contribution in [3.8, 4) is 0 Å². The molecule has 3 nitrogen and oxygen atoms in total. The predicted octanol–water partition coefficient (Wildman–Crippen LogP) is 3.97. The molecule has 0 aliphatic rings. The summed E-state index contributed by atoms with van der Waals surface area (Å²) in [6.45, 7) is 0.666. The molecule has 0 fully saturated rings. The molecular weight excluding hydrogens is 295 g/mol. The van der Waals surface area contributed by atoms with Crippen LogP contribution in [0.25, 0.3) is 0 Å². The summed E-state index contributed by atoms with van der Waals surface area (Å²) in [5, 5.41) is 6.77. The lowest BCUT2D eigenvalue weighted by Crippen LogP contribution is -2.15. The Morgan fingerprint density at radius 3 is 2.65 bits per heavy atom. The number of para-hydroxylation sites is 1. The van der Waals surface area contributed by atoms with E-state index >= 15 is 0 Å². The monoisotopic (exact) mass is 308 g/mol. The van der Waals surface area contributed by atoms with E-state index in [1.165, 1.54) is 0 Å². The molecule has 2 aromatic rings. The van der Waals surface area contributed by atoms with Gasteiger partial charge in [-0.1, -0.05) is 41.4 Å². The summed E-state index contributed by atoms with van der Waals surface area (Å²) in [5.41, 5.74) is 2.11. The first-order valence-corrected chi connectivity index (χ1v) is 6.86. The molecule has 0 saturated carbocycles. The van der Waals surface area contributed by atoms with E-state index < -0.39 is 0 Å². The molecule has 5 heteroatoms. The first-order chi connectivity index (χ1) is 9.61. The zero-order valence-electron chi connectivity index (χ0n) is 10.9. The van der Waals surface area contributed by atoms with E-state index in [-0.39, 0.29) is 5.91 Å². The normalized spacial score (nSPS) is 10.3. The highest BCUT2D eigenvalue weighted by Gasteiger charge is 2.12. The molecule has 0 aromatic heterocycles. The number of hydrogen-bond acceptors (Lipinski definition) is 2. The number of hydrogen-bond donors (Lipinski definition) is 2. The molecule has 0 atom stereocenters. The molecule has 0 saturated heterocycles. The third-order valence-corrected chi connectivity index (χ3v) is 3.37. The summed E-state index contributed by atoms with van der Waals surface area (Å²) in [5.74, 6) is -0.277. The first-order valence-electron chi connectivity index (χ1n) is 6.10. The van der Waals surface area contributed by atoms with Crippen LogP contribution in [0.1, 0.15) is 15.9 Å². The molecule has 20 heavy (non-hydrogen) atoms. The largest absolute Gasteiger partial charge is 0.322 e. The second-order valence-electron chi connectivity index (χ2n) is 4.27. The zero-order chi connectivity index (χ0) is 14.5. The van der Waals surface area contributed by atoms with Gasteiger partial charge in [-0.05, 0) is 36.9 Å². The average molecular weight is 309 g/mol. The van der Waals surface area contributed by atoms with Crippen molar-refractivity contribution in [2.45, 2.75) is 6.54 Å². The highest BCUT2D eigenvalue weighted by Crippen LogP contribution is 2.23. The molecule has 0 heterocycles. The van der Waals surface area contributed by atoms with E-state index in [0.29, 0.717) is 22.2 Å². The molecule has 0 radical (unpaired) electrons. The fraction of sp³-hybridized carbons (Fsp3) is 0.133. The van der Waals surface area contributed by atoms with Gasteiger partial charge in [0.15, 0.2) is 0 Å². The average Bonchev–Trinajstić information content (AvgIpc) is 2.44. The van der Waals surface area contributed by atoms with Crippen molar-refractivity contribution in [1.29, 1.82) is 0 Å². The van der Waals surface area contributed by atoms with Gasteiger partial charge in [-0.2, -0.15) is 0 Å². The Kier molecular flexibility index (Phi) is 5.01. The SMILES string of the molecule is CNCc1ccccc1NC(=O)c1cc(Cl)ccc1Cl. The van der Waals surface area contributed by atoms with Gasteiger partial charge in [0.2, 0.25) is 0 Å². The number of amides is 1. The lowest BCUT2D eigenvalue weighted by Gasteiger charge is -2.11. The minimum atomic E-state index is -0.277. The molecule has 0 aliphatic carbocycles. The number of halogens is 2. The third-order valence-electron chi connectivity index (χ3n) is 2.81. The summed E-state index contributed by atoms with van der Waals surface area (Å²) < 4.78 is 0. The molecule has 2 rings (SSSR count). The van der Waals surface area contributed by atoms with Crippen molar-refractivity contribution in [2.75, 3.05) is 12.4 Å². The van der Waals surface area contributed by atoms with E-state index in [2.05, 4.69) is 10.6 Å². The predicted molar refractivity (Wildman–Crippen MR) is 83.6 cm³/mol. The Morgan fingerprint density at radius 2 is 1.90 bits per heavy atom. The number of benzene rings is 2. The second kappa shape index (κ2) is 6.75. The molecule has 1 amide bonds. The van der Waals surface area contributed by atoms with Gasteiger partial charge in [0, 0.05) is 17.3 Å². The zero-order valence-corrected chi connectivity index (χ0v) is 12.4. The van der Waals surface area contributed by atoms with Gasteiger partial charge in [-0.25, -0.2) is 0 Å². The minimum absolute atomic E-state index is 0.277. The fourth-order valence-electron chi connectivity index (χ4n) is 1.85. The quantitative estimate of drug-likeness (QED) is 0.897. The van der Waals surface area contributed by atoms with Gasteiger partial charge < -0.3 is 10.6 Å². The van der Waals surface area contributed by atoms with E-state index in [1.54, 1.807) is 18.2 Å². The van der Waals surface area contributed by atoms with Crippen LogP contribution in [0.3, 0.4) is 0 Å². The van der Waals surface area contributed by atoms with Gasteiger partial charge in [0.05, 0.1) is 10.6 Å². The molecule has 104 valence electrons. The molecule has 0 aliphatic heterocycles. The van der Waals surface area contributed by atoms with E-state index in [9.17, 15) is 4.79 Å². The summed E-state index contributed by atoms with van der Waals surface area (Å²) in [4.78, 5) is 12.3. The van der Waals surface area contributed by atoms with Crippen molar-refractivity contribution >= 4 is 34.8 Å². The van der Waals surface area contributed by atoms with Crippen molar-refractivity contribution in [3.63, 3.8) is 0 Å². The molecule has 0 bridgehead atoms. The maximum Gasteiger partial charge on any atom is 0.257 e. The Morgan fingerprint density at radius 1 is 1.15 bits per heavy atom. The number of carbonyl (C=O) groups excluding carboxylic acids is 1. The Hall–Kier alpha value is -1.55. The van der Waals surface area contributed by atoms with Crippen LogP contribution < -0.4 is 10.6 Å². The maximum absolute atomic E-state index is 12.3. The van der Waals surface area contributed by atoms with Crippen molar-refractivity contribution < 1.29 is 4.79 Å². The molecule has 2 N–H and O–H groups in total. The number of carbonyl (C=O) groups is 1. The number of rotatable bonds is 4.